The summed E-state index contributed by atoms with van der Waals surface area (Å²) in [6.07, 6.45) is 0.507. The lowest BCUT2D eigenvalue weighted by molar-refractivity contribution is -0.924. The van der Waals surface area contributed by atoms with E-state index in [1.807, 2.05) is 0 Å². The predicted octanol–water partition coefficient (Wildman–Crippen LogP) is -1.70. The van der Waals surface area contributed by atoms with Crippen molar-refractivity contribution in [2.45, 2.75) is 33.5 Å². The van der Waals surface area contributed by atoms with E-state index in [2.05, 4.69) is 27.4 Å². The van der Waals surface area contributed by atoms with Gasteiger partial charge in [0.05, 0.1) is 32.6 Å². The lowest BCUT2D eigenvalue weighted by atomic mass is 10.2. The molecule has 1 N–H and O–H groups in total. The summed E-state index contributed by atoms with van der Waals surface area (Å²) in [5.74, 6) is -0.574. The van der Waals surface area contributed by atoms with E-state index in [0.29, 0.717) is 6.42 Å². The zero-order valence-electron chi connectivity index (χ0n) is 11.0. The second-order valence-corrected chi connectivity index (χ2v) is 3.90. The molecule has 0 aliphatic carbocycles. The summed E-state index contributed by atoms with van der Waals surface area (Å²) in [6, 6.07) is 0. The van der Waals surface area contributed by atoms with Crippen LogP contribution in [0.15, 0.2) is 12.7 Å². The summed E-state index contributed by atoms with van der Waals surface area (Å²) in [5.41, 5.74) is 0. The Morgan fingerprint density at radius 1 is 1.35 bits per heavy atom. The molecule has 0 amide bonds. The van der Waals surface area contributed by atoms with Crippen molar-refractivity contribution >= 4 is 5.97 Å². The number of rotatable bonds is 8. The summed E-state index contributed by atoms with van der Waals surface area (Å²) in [7, 11) is 0. The van der Waals surface area contributed by atoms with Crippen LogP contribution in [-0.2, 0) is 9.53 Å². The molecule has 102 valence electrons. The third-order valence-corrected chi connectivity index (χ3v) is 3.28. The average Bonchev–Trinajstić information content (AvgIpc) is 2.31. The summed E-state index contributed by atoms with van der Waals surface area (Å²) in [4.78, 5) is 10.8. The topological polar surface area (TPSA) is 46.5 Å². The maximum absolute atomic E-state index is 10.8. The monoisotopic (exact) mass is 265 g/mol. The number of carbonyl (C=O) groups is 1. The molecule has 0 aliphatic heterocycles. The van der Waals surface area contributed by atoms with E-state index in [1.54, 1.807) is 0 Å². The quantitative estimate of drug-likeness (QED) is 0.246. The molecule has 0 fully saturated rings. The minimum Gasteiger partial charge on any atom is -1.00 e. The van der Waals surface area contributed by atoms with Crippen LogP contribution >= 0.6 is 0 Å². The standard InChI is InChI=1S/C12H24NO3.ClH/c1-5-11(14)16-12(15)9-10-13(6-2,7-3)8-4;/h5,12,15H,1,6-10H2,2-4H3;1H/q+1;/p-1. The minimum atomic E-state index is -1.02. The van der Waals surface area contributed by atoms with Crippen LogP contribution in [0.2, 0.25) is 0 Å². The van der Waals surface area contributed by atoms with Gasteiger partial charge < -0.3 is 26.7 Å². The fourth-order valence-electron chi connectivity index (χ4n) is 1.77. The Kier molecular flexibility index (Phi) is 10.4. The van der Waals surface area contributed by atoms with Crippen LogP contribution in [0.5, 0.6) is 0 Å². The number of nitrogens with zero attached hydrogens (tertiary/aromatic N) is 1. The van der Waals surface area contributed by atoms with Crippen molar-refractivity contribution in [1.82, 2.24) is 0 Å². The van der Waals surface area contributed by atoms with E-state index in [0.717, 1.165) is 36.7 Å². The molecule has 1 atom stereocenters. The van der Waals surface area contributed by atoms with E-state index in [1.165, 1.54) is 0 Å². The lowest BCUT2D eigenvalue weighted by Crippen LogP contribution is -3.00. The maximum Gasteiger partial charge on any atom is 0.332 e. The van der Waals surface area contributed by atoms with Crippen LogP contribution in [-0.4, -0.2) is 48.0 Å². The number of hydrogen-bond acceptors (Lipinski definition) is 3. The molecular weight excluding hydrogens is 242 g/mol. The van der Waals surface area contributed by atoms with Crippen LogP contribution in [0.4, 0.5) is 0 Å². The maximum atomic E-state index is 10.8. The van der Waals surface area contributed by atoms with Crippen molar-refractivity contribution in [2.75, 3.05) is 26.2 Å². The molecule has 0 aliphatic rings. The summed E-state index contributed by atoms with van der Waals surface area (Å²) >= 11 is 0. The van der Waals surface area contributed by atoms with Crippen molar-refractivity contribution in [3.63, 3.8) is 0 Å². The third kappa shape index (κ3) is 6.66. The Hall–Kier alpha value is -0.580. The molecule has 0 saturated heterocycles. The Bertz CT molecular complexity index is 222. The number of hydrogen-bond donors (Lipinski definition) is 1. The summed E-state index contributed by atoms with van der Waals surface area (Å²) in [6.45, 7) is 13.6. The summed E-state index contributed by atoms with van der Waals surface area (Å²) in [5, 5.41) is 9.50. The van der Waals surface area contributed by atoms with Crippen LogP contribution in [0.1, 0.15) is 27.2 Å². The second kappa shape index (κ2) is 9.45. The molecule has 0 spiro atoms. The molecular formula is C12H24ClNO3. The fourth-order valence-corrected chi connectivity index (χ4v) is 1.77. The van der Waals surface area contributed by atoms with Gasteiger partial charge in [0.2, 0.25) is 6.29 Å². The molecule has 0 rings (SSSR count). The Morgan fingerprint density at radius 2 is 1.82 bits per heavy atom. The first-order chi connectivity index (χ1) is 7.53. The number of ether oxygens (including phenoxy) is 1. The van der Waals surface area contributed by atoms with Gasteiger partial charge in [-0.05, 0) is 20.8 Å². The van der Waals surface area contributed by atoms with Gasteiger partial charge in [0.1, 0.15) is 0 Å². The highest BCUT2D eigenvalue weighted by Crippen LogP contribution is 2.09. The minimum absolute atomic E-state index is 0. The SMILES string of the molecule is C=CC(=O)OC(O)CC[N+](CC)(CC)CC.[Cl-]. The number of quaternary nitrogens is 1. The molecule has 4 nitrogen and oxygen atoms in total. The van der Waals surface area contributed by atoms with Gasteiger partial charge in [0.25, 0.3) is 0 Å². The van der Waals surface area contributed by atoms with Crippen LogP contribution < -0.4 is 12.4 Å². The van der Waals surface area contributed by atoms with Gasteiger partial charge in [-0.1, -0.05) is 6.58 Å². The van der Waals surface area contributed by atoms with Gasteiger partial charge in [-0.25, -0.2) is 4.79 Å². The first-order valence-corrected chi connectivity index (χ1v) is 5.89. The molecule has 5 heteroatoms. The molecule has 1 unspecified atom stereocenters. The van der Waals surface area contributed by atoms with Crippen molar-refractivity contribution < 1.29 is 31.5 Å². The van der Waals surface area contributed by atoms with Crippen molar-refractivity contribution in [3.8, 4) is 0 Å². The highest BCUT2D eigenvalue weighted by molar-refractivity contribution is 5.81. The van der Waals surface area contributed by atoms with E-state index >= 15 is 0 Å². The molecule has 0 saturated carbocycles. The number of carbonyl (C=O) groups excluding carboxylic acids is 1. The molecule has 0 radical (unpaired) electrons. The Morgan fingerprint density at radius 3 is 2.18 bits per heavy atom. The molecule has 0 heterocycles. The normalized spacial score (nSPS) is 12.5. The fraction of sp³-hybridized carbons (Fsp3) is 0.750. The van der Waals surface area contributed by atoms with Gasteiger partial charge in [-0.2, -0.15) is 0 Å². The van der Waals surface area contributed by atoms with Gasteiger partial charge in [0, 0.05) is 6.08 Å². The van der Waals surface area contributed by atoms with Gasteiger partial charge in [-0.3, -0.25) is 0 Å². The molecule has 17 heavy (non-hydrogen) atoms. The highest BCUT2D eigenvalue weighted by Gasteiger charge is 2.22. The van der Waals surface area contributed by atoms with Crippen LogP contribution in [0.3, 0.4) is 0 Å². The molecule has 0 aromatic heterocycles. The molecule has 0 aromatic rings. The number of aliphatic hydroxyl groups excluding tert-OH is 1. The van der Waals surface area contributed by atoms with Crippen LogP contribution in [0.25, 0.3) is 0 Å². The summed E-state index contributed by atoms with van der Waals surface area (Å²) < 4.78 is 5.65. The van der Waals surface area contributed by atoms with Crippen molar-refractivity contribution in [3.05, 3.63) is 12.7 Å². The highest BCUT2D eigenvalue weighted by atomic mass is 35.5. The number of halogens is 1. The Labute approximate surface area is 110 Å². The van der Waals surface area contributed by atoms with Gasteiger partial charge in [-0.15, -0.1) is 0 Å². The van der Waals surface area contributed by atoms with Gasteiger partial charge in [0.15, 0.2) is 0 Å². The van der Waals surface area contributed by atoms with E-state index < -0.39 is 12.3 Å². The van der Waals surface area contributed by atoms with E-state index in [-0.39, 0.29) is 12.4 Å². The second-order valence-electron chi connectivity index (χ2n) is 3.90. The Balaban J connectivity index is 0. The average molecular weight is 266 g/mol. The zero-order valence-corrected chi connectivity index (χ0v) is 11.7. The van der Waals surface area contributed by atoms with Crippen molar-refractivity contribution in [1.29, 1.82) is 0 Å². The first-order valence-electron chi connectivity index (χ1n) is 5.89. The lowest BCUT2D eigenvalue weighted by Gasteiger charge is -2.36. The first kappa shape index (κ1) is 18.8. The molecule has 0 bridgehead atoms. The predicted molar refractivity (Wildman–Crippen MR) is 63.7 cm³/mol. The van der Waals surface area contributed by atoms with E-state index in [4.69, 9.17) is 4.74 Å². The van der Waals surface area contributed by atoms with Crippen molar-refractivity contribution in [2.24, 2.45) is 0 Å². The smallest absolute Gasteiger partial charge is 0.332 e. The third-order valence-electron chi connectivity index (χ3n) is 3.28. The largest absolute Gasteiger partial charge is 1.00 e. The zero-order chi connectivity index (χ0) is 12.6. The number of esters is 1. The van der Waals surface area contributed by atoms with Gasteiger partial charge >= 0.3 is 5.97 Å². The number of aliphatic hydroxyl groups is 1. The molecule has 0 aromatic carbocycles. The van der Waals surface area contributed by atoms with E-state index in [9.17, 15) is 9.90 Å². The van der Waals surface area contributed by atoms with Crippen LogP contribution in [0, 0.1) is 0 Å².